The normalized spacial score (nSPS) is 26.8. The lowest BCUT2D eigenvalue weighted by molar-refractivity contribution is 0.0497. The molecule has 1 amide bonds. The molecule has 7 heteroatoms. The number of rotatable bonds is 4. The van der Waals surface area contributed by atoms with Gasteiger partial charge in [0, 0.05) is 18.7 Å². The van der Waals surface area contributed by atoms with Crippen LogP contribution in [-0.4, -0.2) is 43.7 Å². The number of benzene rings is 1. The zero-order valence-corrected chi connectivity index (χ0v) is 15.6. The fourth-order valence-electron chi connectivity index (χ4n) is 3.22. The number of ether oxygens (including phenoxy) is 1. The van der Waals surface area contributed by atoms with Crippen molar-refractivity contribution in [1.82, 2.24) is 5.32 Å². The second-order valence-corrected chi connectivity index (χ2v) is 9.68. The fourth-order valence-corrected chi connectivity index (χ4v) is 5.10. The number of amides is 1. The third kappa shape index (κ3) is 3.72. The monoisotopic (exact) mass is 354 g/mol. The number of carbonyl (C=O) groups excluding carboxylic acids is 1. The van der Waals surface area contributed by atoms with Gasteiger partial charge in [-0.2, -0.15) is 0 Å². The van der Waals surface area contributed by atoms with Crippen LogP contribution >= 0.6 is 0 Å². The predicted molar refractivity (Wildman–Crippen MR) is 93.7 cm³/mol. The molecule has 0 bridgehead atoms. The van der Waals surface area contributed by atoms with E-state index in [9.17, 15) is 13.2 Å². The number of sulfone groups is 1. The molecule has 3 N–H and O–H groups in total. The number of aryl methyl sites for hydroxylation is 1. The van der Waals surface area contributed by atoms with Crippen molar-refractivity contribution in [2.75, 3.05) is 12.8 Å². The van der Waals surface area contributed by atoms with Crippen LogP contribution in [0, 0.1) is 6.92 Å². The molecule has 1 fully saturated rings. The average Bonchev–Trinajstić information content (AvgIpc) is 3.06. The second-order valence-electron chi connectivity index (χ2n) is 7.51. The first-order valence-electron chi connectivity index (χ1n) is 7.87. The predicted octanol–water partition coefficient (Wildman–Crippen LogP) is 1.73. The van der Waals surface area contributed by atoms with Gasteiger partial charge in [0.2, 0.25) is 0 Å². The van der Waals surface area contributed by atoms with Gasteiger partial charge in [-0.1, -0.05) is 29.8 Å². The highest BCUT2D eigenvalue weighted by molar-refractivity contribution is 7.91. The maximum absolute atomic E-state index is 12.2. The molecule has 0 aliphatic heterocycles. The lowest BCUT2D eigenvalue weighted by Crippen LogP contribution is -2.48. The lowest BCUT2D eigenvalue weighted by atomic mass is 10.0. The molecule has 3 atom stereocenters. The summed E-state index contributed by atoms with van der Waals surface area (Å²) in [7, 11) is -3.40. The Morgan fingerprint density at radius 3 is 2.25 bits per heavy atom. The van der Waals surface area contributed by atoms with E-state index < -0.39 is 32.3 Å². The van der Waals surface area contributed by atoms with E-state index in [2.05, 4.69) is 5.32 Å². The Bertz CT molecular complexity index is 722. The average molecular weight is 354 g/mol. The van der Waals surface area contributed by atoms with E-state index in [4.69, 9.17) is 10.5 Å². The highest BCUT2D eigenvalue weighted by Crippen LogP contribution is 2.55. The molecule has 6 nitrogen and oxygen atoms in total. The summed E-state index contributed by atoms with van der Waals surface area (Å²) in [6.45, 7) is 7.22. The second kappa shape index (κ2) is 6.04. The molecule has 0 heterocycles. The molecular weight excluding hydrogens is 328 g/mol. The number of hydrogen-bond acceptors (Lipinski definition) is 5. The van der Waals surface area contributed by atoms with E-state index in [1.165, 1.54) is 6.26 Å². The number of carbonyl (C=O) groups is 1. The molecule has 0 aromatic heterocycles. The van der Waals surface area contributed by atoms with Crippen LogP contribution in [0.4, 0.5) is 4.79 Å². The van der Waals surface area contributed by atoms with E-state index >= 15 is 0 Å². The van der Waals surface area contributed by atoms with Crippen molar-refractivity contribution < 1.29 is 17.9 Å². The molecule has 1 aliphatic rings. The third-order valence-electron chi connectivity index (χ3n) is 4.23. The summed E-state index contributed by atoms with van der Waals surface area (Å²) in [5.41, 5.74) is 6.10. The Balaban J connectivity index is 2.34. The first kappa shape index (κ1) is 18.7. The van der Waals surface area contributed by atoms with Crippen LogP contribution < -0.4 is 11.1 Å². The highest BCUT2D eigenvalue weighted by atomic mass is 32.2. The Hall–Kier alpha value is -1.60. The molecule has 0 radical (unpaired) electrons. The van der Waals surface area contributed by atoms with E-state index in [1.807, 2.05) is 31.2 Å². The number of hydrogen-bond donors (Lipinski definition) is 2. The molecule has 1 aliphatic carbocycles. The van der Waals surface area contributed by atoms with Crippen LogP contribution in [0.3, 0.4) is 0 Å². The molecule has 24 heavy (non-hydrogen) atoms. The Morgan fingerprint density at radius 1 is 1.29 bits per heavy atom. The molecule has 0 unspecified atom stereocenters. The minimum Gasteiger partial charge on any atom is -0.444 e. The smallest absolute Gasteiger partial charge is 0.408 e. The molecule has 1 saturated carbocycles. The van der Waals surface area contributed by atoms with Crippen LogP contribution in [0.15, 0.2) is 24.3 Å². The minimum absolute atomic E-state index is 0.0164. The Labute approximate surface area is 143 Å². The largest absolute Gasteiger partial charge is 0.444 e. The molecule has 0 spiro atoms. The Kier molecular flexibility index (Phi) is 4.71. The van der Waals surface area contributed by atoms with Gasteiger partial charge in [0.15, 0.2) is 9.84 Å². The van der Waals surface area contributed by atoms with Gasteiger partial charge in [-0.3, -0.25) is 0 Å². The Morgan fingerprint density at radius 2 is 1.83 bits per heavy atom. The van der Waals surface area contributed by atoms with E-state index in [-0.39, 0.29) is 12.5 Å². The summed E-state index contributed by atoms with van der Waals surface area (Å²) in [4.78, 5) is 12.2. The minimum atomic E-state index is -3.40. The molecular formula is C17H26N2O4S. The molecule has 1 aromatic carbocycles. The SMILES string of the molecule is Cc1ccc([C@@H]2[C@@H](S(C)(=O)=O)[C@]2(CN)NC(=O)OC(C)(C)C)cc1. The van der Waals surface area contributed by atoms with Gasteiger partial charge < -0.3 is 15.8 Å². The summed E-state index contributed by atoms with van der Waals surface area (Å²) < 4.78 is 29.8. The first-order chi connectivity index (χ1) is 10.9. The van der Waals surface area contributed by atoms with Crippen LogP contribution in [0.1, 0.15) is 37.8 Å². The van der Waals surface area contributed by atoms with Crippen molar-refractivity contribution in [1.29, 1.82) is 0 Å². The van der Waals surface area contributed by atoms with Gasteiger partial charge >= 0.3 is 6.09 Å². The zero-order valence-electron chi connectivity index (χ0n) is 14.8. The first-order valence-corrected chi connectivity index (χ1v) is 9.83. The summed E-state index contributed by atoms with van der Waals surface area (Å²) >= 11 is 0. The van der Waals surface area contributed by atoms with Crippen LogP contribution in [0.5, 0.6) is 0 Å². The maximum Gasteiger partial charge on any atom is 0.408 e. The van der Waals surface area contributed by atoms with Crippen molar-refractivity contribution in [3.63, 3.8) is 0 Å². The number of nitrogens with two attached hydrogens (primary N) is 1. The summed E-state index contributed by atoms with van der Waals surface area (Å²) in [6.07, 6.45) is 0.517. The zero-order chi connectivity index (χ0) is 18.3. The standard InChI is InChI=1S/C17H26N2O4S/c1-11-6-8-12(9-7-11)13-14(24(5,21)22)17(13,10-18)19-15(20)23-16(2,3)4/h6-9,13-14H,10,18H2,1-5H3,(H,19,20)/t13-,14-,17-/m1/s1. The van der Waals surface area contributed by atoms with Crippen LogP contribution in [-0.2, 0) is 14.6 Å². The van der Waals surface area contributed by atoms with E-state index in [0.29, 0.717) is 0 Å². The van der Waals surface area contributed by atoms with Crippen LogP contribution in [0.2, 0.25) is 0 Å². The van der Waals surface area contributed by atoms with E-state index in [0.717, 1.165) is 11.1 Å². The third-order valence-corrected chi connectivity index (χ3v) is 5.84. The summed E-state index contributed by atoms with van der Waals surface area (Å²) in [5, 5.41) is 1.97. The van der Waals surface area contributed by atoms with Gasteiger partial charge in [0.1, 0.15) is 5.60 Å². The van der Waals surface area contributed by atoms with Crippen molar-refractivity contribution in [3.05, 3.63) is 35.4 Å². The highest BCUT2D eigenvalue weighted by Gasteiger charge is 2.70. The fraction of sp³-hybridized carbons (Fsp3) is 0.588. The van der Waals surface area contributed by atoms with Gasteiger partial charge in [-0.05, 0) is 33.3 Å². The number of alkyl carbamates (subject to hydrolysis) is 1. The van der Waals surface area contributed by atoms with Gasteiger partial charge in [0.25, 0.3) is 0 Å². The molecule has 1 aromatic rings. The van der Waals surface area contributed by atoms with Gasteiger partial charge in [-0.15, -0.1) is 0 Å². The molecule has 2 rings (SSSR count). The maximum atomic E-state index is 12.2. The van der Waals surface area contributed by atoms with E-state index in [1.54, 1.807) is 20.8 Å². The molecule has 0 saturated heterocycles. The lowest BCUT2D eigenvalue weighted by Gasteiger charge is -2.24. The quantitative estimate of drug-likeness (QED) is 0.858. The van der Waals surface area contributed by atoms with Crippen molar-refractivity contribution in [2.45, 2.75) is 50.0 Å². The van der Waals surface area contributed by atoms with Crippen molar-refractivity contribution in [3.8, 4) is 0 Å². The summed E-state index contributed by atoms with van der Waals surface area (Å²) in [6, 6.07) is 7.60. The van der Waals surface area contributed by atoms with Crippen molar-refractivity contribution >= 4 is 15.9 Å². The number of nitrogens with one attached hydrogen (secondary N) is 1. The van der Waals surface area contributed by atoms with Crippen molar-refractivity contribution in [2.24, 2.45) is 5.73 Å². The van der Waals surface area contributed by atoms with Crippen LogP contribution in [0.25, 0.3) is 0 Å². The summed E-state index contributed by atoms with van der Waals surface area (Å²) in [5.74, 6) is -0.384. The van der Waals surface area contributed by atoms with Gasteiger partial charge in [-0.25, -0.2) is 13.2 Å². The molecule has 134 valence electrons. The van der Waals surface area contributed by atoms with Gasteiger partial charge in [0.05, 0.1) is 10.8 Å². The topological polar surface area (TPSA) is 98.5 Å².